The van der Waals surface area contributed by atoms with Crippen LogP contribution in [0.3, 0.4) is 0 Å². The van der Waals surface area contributed by atoms with Crippen LogP contribution in [0.25, 0.3) is 16.3 Å². The summed E-state index contributed by atoms with van der Waals surface area (Å²) in [7, 11) is 0. The molecule has 0 bridgehead atoms. The molecule has 2 aromatic rings. The molecule has 0 spiro atoms. The van der Waals surface area contributed by atoms with Gasteiger partial charge in [0.25, 0.3) is 0 Å². The number of aryl methyl sites for hydroxylation is 2. The largest absolute Gasteiger partial charge is 0.481 e. The zero-order valence-electron chi connectivity index (χ0n) is 13.4. The van der Waals surface area contributed by atoms with Gasteiger partial charge in [0.05, 0.1) is 6.42 Å². The van der Waals surface area contributed by atoms with Gasteiger partial charge < -0.3 is 5.11 Å². The maximum absolute atomic E-state index is 11.2. The van der Waals surface area contributed by atoms with E-state index in [0.29, 0.717) is 5.92 Å². The molecule has 0 aromatic heterocycles. The molecular weight excluding hydrogens is 272 g/mol. The van der Waals surface area contributed by atoms with Gasteiger partial charge in [0.15, 0.2) is 0 Å². The van der Waals surface area contributed by atoms with E-state index in [4.69, 9.17) is 0 Å². The summed E-state index contributed by atoms with van der Waals surface area (Å²) in [6.45, 7) is 6.52. The minimum Gasteiger partial charge on any atom is -0.481 e. The van der Waals surface area contributed by atoms with E-state index in [2.05, 4.69) is 51.1 Å². The van der Waals surface area contributed by atoms with Gasteiger partial charge >= 0.3 is 5.97 Å². The molecule has 0 saturated heterocycles. The molecule has 1 unspecified atom stereocenters. The van der Waals surface area contributed by atoms with E-state index < -0.39 is 5.97 Å². The standard InChI is InChI=1S/C20H22O2/c1-4-14-7-8-15(11-18(21)22)17-10-9-16-12(2)5-6-13(3)19(16)20(14)17/h5-6,8-10,14H,4,7,11H2,1-3H3,(H,21,22). The monoisotopic (exact) mass is 294 g/mol. The molecule has 3 rings (SSSR count). The summed E-state index contributed by atoms with van der Waals surface area (Å²) in [6.07, 6.45) is 4.26. The molecule has 2 nitrogen and oxygen atoms in total. The van der Waals surface area contributed by atoms with E-state index in [0.717, 1.165) is 24.0 Å². The van der Waals surface area contributed by atoms with Crippen LogP contribution in [-0.2, 0) is 4.79 Å². The van der Waals surface area contributed by atoms with Crippen LogP contribution in [0.15, 0.2) is 30.3 Å². The Morgan fingerprint density at radius 1 is 1.18 bits per heavy atom. The van der Waals surface area contributed by atoms with Gasteiger partial charge in [-0.05, 0) is 71.2 Å². The van der Waals surface area contributed by atoms with Gasteiger partial charge in [-0.2, -0.15) is 0 Å². The third kappa shape index (κ3) is 2.33. The average molecular weight is 294 g/mol. The number of fused-ring (bicyclic) bond motifs is 3. The Morgan fingerprint density at radius 3 is 2.59 bits per heavy atom. The van der Waals surface area contributed by atoms with Gasteiger partial charge in [0.2, 0.25) is 0 Å². The summed E-state index contributed by atoms with van der Waals surface area (Å²) in [4.78, 5) is 11.2. The molecule has 1 aliphatic carbocycles. The highest BCUT2D eigenvalue weighted by molar-refractivity contribution is 5.97. The molecule has 2 aromatic carbocycles. The molecule has 1 aliphatic rings. The van der Waals surface area contributed by atoms with Gasteiger partial charge in [0.1, 0.15) is 0 Å². The molecule has 22 heavy (non-hydrogen) atoms. The highest BCUT2D eigenvalue weighted by Crippen LogP contribution is 2.43. The van der Waals surface area contributed by atoms with Crippen LogP contribution in [0.5, 0.6) is 0 Å². The maximum Gasteiger partial charge on any atom is 0.307 e. The number of rotatable bonds is 3. The first-order chi connectivity index (χ1) is 10.5. The van der Waals surface area contributed by atoms with Gasteiger partial charge in [0, 0.05) is 0 Å². The van der Waals surface area contributed by atoms with Crippen LogP contribution in [0, 0.1) is 13.8 Å². The van der Waals surface area contributed by atoms with Crippen LogP contribution < -0.4 is 0 Å². The van der Waals surface area contributed by atoms with Crippen molar-refractivity contribution < 1.29 is 9.90 Å². The van der Waals surface area contributed by atoms with Crippen molar-refractivity contribution in [2.75, 3.05) is 0 Å². The second kappa shape index (κ2) is 5.60. The van der Waals surface area contributed by atoms with Crippen molar-refractivity contribution in [3.8, 4) is 0 Å². The zero-order valence-corrected chi connectivity index (χ0v) is 13.4. The van der Waals surface area contributed by atoms with Gasteiger partial charge in [-0.25, -0.2) is 0 Å². The van der Waals surface area contributed by atoms with Crippen molar-refractivity contribution in [2.45, 2.75) is 46.0 Å². The van der Waals surface area contributed by atoms with E-state index in [9.17, 15) is 9.90 Å². The fourth-order valence-electron chi connectivity index (χ4n) is 3.71. The van der Waals surface area contributed by atoms with Gasteiger partial charge in [-0.3, -0.25) is 4.79 Å². The highest BCUT2D eigenvalue weighted by atomic mass is 16.4. The first kappa shape index (κ1) is 14.8. The fourth-order valence-corrected chi connectivity index (χ4v) is 3.71. The predicted molar refractivity (Wildman–Crippen MR) is 91.3 cm³/mol. The van der Waals surface area contributed by atoms with Crippen LogP contribution in [-0.4, -0.2) is 11.1 Å². The lowest BCUT2D eigenvalue weighted by Gasteiger charge is -2.27. The third-order valence-corrected chi connectivity index (χ3v) is 4.89. The van der Waals surface area contributed by atoms with E-state index >= 15 is 0 Å². The Kier molecular flexibility index (Phi) is 3.78. The molecule has 0 heterocycles. The van der Waals surface area contributed by atoms with Crippen molar-refractivity contribution in [1.82, 2.24) is 0 Å². The molecular formula is C20H22O2. The number of carboxylic acid groups (broad SMARTS) is 1. The molecule has 0 aliphatic heterocycles. The smallest absolute Gasteiger partial charge is 0.307 e. The molecule has 0 radical (unpaired) electrons. The Morgan fingerprint density at radius 2 is 1.91 bits per heavy atom. The quantitative estimate of drug-likeness (QED) is 0.843. The van der Waals surface area contributed by atoms with Crippen LogP contribution in [0.1, 0.15) is 54.4 Å². The van der Waals surface area contributed by atoms with Crippen LogP contribution in [0.2, 0.25) is 0 Å². The maximum atomic E-state index is 11.2. The Hall–Kier alpha value is -2.09. The number of allylic oxidation sites excluding steroid dienone is 1. The van der Waals surface area contributed by atoms with E-state index in [1.165, 1.54) is 27.5 Å². The topological polar surface area (TPSA) is 37.3 Å². The van der Waals surface area contributed by atoms with Gasteiger partial charge in [-0.15, -0.1) is 0 Å². The number of carboxylic acids is 1. The fraction of sp³-hybridized carbons (Fsp3) is 0.350. The van der Waals surface area contributed by atoms with E-state index in [1.807, 2.05) is 0 Å². The molecule has 2 heteroatoms. The van der Waals surface area contributed by atoms with E-state index in [1.54, 1.807) is 0 Å². The van der Waals surface area contributed by atoms with Crippen molar-refractivity contribution in [2.24, 2.45) is 0 Å². The minimum absolute atomic E-state index is 0.111. The molecule has 0 amide bonds. The summed E-state index contributed by atoms with van der Waals surface area (Å²) in [5.41, 5.74) is 6.04. The van der Waals surface area contributed by atoms with Gasteiger partial charge in [-0.1, -0.05) is 37.3 Å². The zero-order chi connectivity index (χ0) is 15.9. The lowest BCUT2D eigenvalue weighted by atomic mass is 9.77. The number of benzene rings is 2. The SMILES string of the molecule is CCC1CC=C(CC(=O)O)c2ccc3c(C)ccc(C)c3c21. The summed E-state index contributed by atoms with van der Waals surface area (Å²) in [6, 6.07) is 8.63. The number of aliphatic carboxylic acids is 1. The molecule has 1 N–H and O–H groups in total. The second-order valence-corrected chi connectivity index (χ2v) is 6.29. The Labute approximate surface area is 131 Å². The molecule has 0 saturated carbocycles. The second-order valence-electron chi connectivity index (χ2n) is 6.29. The lowest BCUT2D eigenvalue weighted by Crippen LogP contribution is -2.10. The number of hydrogen-bond acceptors (Lipinski definition) is 1. The van der Waals surface area contributed by atoms with Crippen molar-refractivity contribution >= 4 is 22.3 Å². The van der Waals surface area contributed by atoms with E-state index in [-0.39, 0.29) is 6.42 Å². The lowest BCUT2D eigenvalue weighted by molar-refractivity contribution is -0.135. The normalized spacial score (nSPS) is 17.2. The minimum atomic E-state index is -0.756. The number of carbonyl (C=O) groups is 1. The first-order valence-corrected chi connectivity index (χ1v) is 7.97. The van der Waals surface area contributed by atoms with Crippen LogP contribution >= 0.6 is 0 Å². The summed E-state index contributed by atoms with van der Waals surface area (Å²) in [5.74, 6) is -0.273. The summed E-state index contributed by atoms with van der Waals surface area (Å²) < 4.78 is 0. The Balaban J connectivity index is 2.32. The molecule has 114 valence electrons. The highest BCUT2D eigenvalue weighted by Gasteiger charge is 2.24. The number of hydrogen-bond donors (Lipinski definition) is 1. The summed E-state index contributed by atoms with van der Waals surface area (Å²) >= 11 is 0. The van der Waals surface area contributed by atoms with Crippen molar-refractivity contribution in [1.29, 1.82) is 0 Å². The van der Waals surface area contributed by atoms with Crippen molar-refractivity contribution in [3.63, 3.8) is 0 Å². The molecule has 0 fully saturated rings. The molecule has 1 atom stereocenters. The average Bonchev–Trinajstić information content (AvgIpc) is 2.50. The summed E-state index contributed by atoms with van der Waals surface area (Å²) in [5, 5.41) is 11.8. The predicted octanol–water partition coefficient (Wildman–Crippen LogP) is 5.21. The first-order valence-electron chi connectivity index (χ1n) is 7.97. The van der Waals surface area contributed by atoms with Crippen LogP contribution in [0.4, 0.5) is 0 Å². The Bertz CT molecular complexity index is 784. The third-order valence-electron chi connectivity index (χ3n) is 4.89. The van der Waals surface area contributed by atoms with Crippen molar-refractivity contribution in [3.05, 3.63) is 52.6 Å².